The molecule has 0 bridgehead atoms. The number of nitrogens with one attached hydrogen (secondary N) is 1. The highest BCUT2D eigenvalue weighted by atomic mass is 35.5. The van der Waals surface area contributed by atoms with Gasteiger partial charge in [-0.1, -0.05) is 11.6 Å². The molecule has 0 radical (unpaired) electrons. The lowest BCUT2D eigenvalue weighted by molar-refractivity contribution is -0.160. The highest BCUT2D eigenvalue weighted by Gasteiger charge is 2.53. The molecule has 2 fully saturated rings. The average Bonchev–Trinajstić information content (AvgIpc) is 3.06. The van der Waals surface area contributed by atoms with Gasteiger partial charge in [0.25, 0.3) is 5.91 Å². The second-order valence-electron chi connectivity index (χ2n) is 6.34. The molecule has 134 valence electrons. The number of esters is 1. The largest absolute Gasteiger partial charge is 0.451 e. The first-order valence-electron chi connectivity index (χ1n) is 8.03. The van der Waals surface area contributed by atoms with E-state index in [1.807, 2.05) is 6.92 Å². The van der Waals surface area contributed by atoms with Crippen LogP contribution in [0, 0.1) is 0 Å². The Hall–Kier alpha value is -1.73. The van der Waals surface area contributed by atoms with Crippen molar-refractivity contribution in [3.05, 3.63) is 29.3 Å². The predicted octanol–water partition coefficient (Wildman–Crippen LogP) is 2.66. The average molecular weight is 383 g/mol. The molecule has 0 aromatic heterocycles. The number of ether oxygens (including phenoxy) is 1. The first-order valence-corrected chi connectivity index (χ1v) is 9.39. The van der Waals surface area contributed by atoms with Gasteiger partial charge in [0, 0.05) is 22.9 Å². The van der Waals surface area contributed by atoms with E-state index in [2.05, 4.69) is 5.32 Å². The number of hydrogen-bond acceptors (Lipinski definition) is 5. The number of rotatable bonds is 4. The highest BCUT2D eigenvalue weighted by Crippen LogP contribution is 2.47. The Morgan fingerprint density at radius 2 is 2.08 bits per heavy atom. The molecule has 3 rings (SSSR count). The van der Waals surface area contributed by atoms with Crippen LogP contribution in [-0.4, -0.2) is 45.5 Å². The number of thioether (sulfide) groups is 1. The van der Waals surface area contributed by atoms with E-state index in [0.29, 0.717) is 22.9 Å². The van der Waals surface area contributed by atoms with Gasteiger partial charge in [-0.15, -0.1) is 11.8 Å². The van der Waals surface area contributed by atoms with Crippen molar-refractivity contribution in [1.29, 1.82) is 0 Å². The first-order chi connectivity index (χ1) is 11.8. The minimum atomic E-state index is -0.960. The Morgan fingerprint density at radius 1 is 1.40 bits per heavy atom. The van der Waals surface area contributed by atoms with Crippen molar-refractivity contribution in [3.63, 3.8) is 0 Å². The van der Waals surface area contributed by atoms with E-state index < -0.39 is 24.0 Å². The number of halogens is 1. The molecule has 1 N–H and O–H groups in total. The number of carbonyl (C=O) groups excluding carboxylic acids is 3. The van der Waals surface area contributed by atoms with E-state index in [0.717, 1.165) is 6.42 Å². The Balaban J connectivity index is 1.59. The van der Waals surface area contributed by atoms with Crippen LogP contribution in [0.15, 0.2) is 24.3 Å². The van der Waals surface area contributed by atoms with Gasteiger partial charge in [-0.25, -0.2) is 4.79 Å². The van der Waals surface area contributed by atoms with Crippen molar-refractivity contribution in [2.45, 2.75) is 43.7 Å². The topological polar surface area (TPSA) is 75.7 Å². The fourth-order valence-electron chi connectivity index (χ4n) is 3.08. The molecule has 1 aromatic rings. The van der Waals surface area contributed by atoms with Crippen molar-refractivity contribution in [3.8, 4) is 0 Å². The number of anilines is 1. The SMILES string of the molecule is C[C@H](OC(=O)[C@@H]1CS[C@@]2(C)CCC(=O)N12)C(=O)Nc1ccc(Cl)cc1. The lowest BCUT2D eigenvalue weighted by atomic mass is 10.2. The number of carbonyl (C=O) groups is 3. The molecule has 0 saturated carbocycles. The van der Waals surface area contributed by atoms with Gasteiger partial charge in [-0.3, -0.25) is 9.59 Å². The predicted molar refractivity (Wildman–Crippen MR) is 96.4 cm³/mol. The van der Waals surface area contributed by atoms with E-state index in [4.69, 9.17) is 16.3 Å². The fourth-order valence-corrected chi connectivity index (χ4v) is 4.62. The molecular formula is C17H19ClN2O4S. The molecule has 0 aliphatic carbocycles. The van der Waals surface area contributed by atoms with Gasteiger partial charge in [0.15, 0.2) is 6.10 Å². The van der Waals surface area contributed by atoms with Crippen LogP contribution in [0.5, 0.6) is 0 Å². The molecule has 2 heterocycles. The molecule has 1 aromatic carbocycles. The van der Waals surface area contributed by atoms with Gasteiger partial charge in [0.2, 0.25) is 5.91 Å². The molecule has 2 amide bonds. The number of nitrogens with zero attached hydrogens (tertiary/aromatic N) is 1. The maximum Gasteiger partial charge on any atom is 0.330 e. The number of fused-ring (bicyclic) bond motifs is 1. The minimum Gasteiger partial charge on any atom is -0.451 e. The summed E-state index contributed by atoms with van der Waals surface area (Å²) in [5.41, 5.74) is 0.566. The van der Waals surface area contributed by atoms with Crippen LogP contribution in [0.1, 0.15) is 26.7 Å². The molecule has 3 atom stereocenters. The zero-order valence-electron chi connectivity index (χ0n) is 14.0. The number of amides is 2. The number of hydrogen-bond donors (Lipinski definition) is 1. The maximum atomic E-state index is 12.5. The van der Waals surface area contributed by atoms with Crippen LogP contribution in [0.3, 0.4) is 0 Å². The highest BCUT2D eigenvalue weighted by molar-refractivity contribution is 8.01. The van der Waals surface area contributed by atoms with Crippen molar-refractivity contribution >= 4 is 46.8 Å². The van der Waals surface area contributed by atoms with E-state index >= 15 is 0 Å². The molecule has 2 aliphatic rings. The van der Waals surface area contributed by atoms with Crippen molar-refractivity contribution < 1.29 is 19.1 Å². The van der Waals surface area contributed by atoms with E-state index in [9.17, 15) is 14.4 Å². The Kier molecular flexibility index (Phi) is 4.97. The zero-order chi connectivity index (χ0) is 18.2. The van der Waals surface area contributed by atoms with Crippen molar-refractivity contribution in [1.82, 2.24) is 4.90 Å². The quantitative estimate of drug-likeness (QED) is 0.810. The number of benzene rings is 1. The summed E-state index contributed by atoms with van der Waals surface area (Å²) >= 11 is 7.39. The van der Waals surface area contributed by atoms with Gasteiger partial charge < -0.3 is 15.0 Å². The molecule has 2 aliphatic heterocycles. The zero-order valence-corrected chi connectivity index (χ0v) is 15.5. The third-order valence-electron chi connectivity index (χ3n) is 4.49. The lowest BCUT2D eigenvalue weighted by Crippen LogP contribution is -2.48. The van der Waals surface area contributed by atoms with Crippen LogP contribution in [0.2, 0.25) is 5.02 Å². The summed E-state index contributed by atoms with van der Waals surface area (Å²) in [6.45, 7) is 3.47. The third-order valence-corrected chi connectivity index (χ3v) is 6.25. The Morgan fingerprint density at radius 3 is 2.76 bits per heavy atom. The Labute approximate surface area is 155 Å². The summed E-state index contributed by atoms with van der Waals surface area (Å²) in [6.07, 6.45) is 0.213. The van der Waals surface area contributed by atoms with E-state index in [1.165, 1.54) is 6.92 Å². The van der Waals surface area contributed by atoms with Gasteiger partial charge in [-0.05, 0) is 44.5 Å². The van der Waals surface area contributed by atoms with Crippen LogP contribution >= 0.6 is 23.4 Å². The van der Waals surface area contributed by atoms with Gasteiger partial charge in [0.1, 0.15) is 6.04 Å². The van der Waals surface area contributed by atoms with Crippen LogP contribution in [-0.2, 0) is 19.1 Å². The van der Waals surface area contributed by atoms with Crippen molar-refractivity contribution in [2.75, 3.05) is 11.1 Å². The maximum absolute atomic E-state index is 12.5. The van der Waals surface area contributed by atoms with Gasteiger partial charge >= 0.3 is 5.97 Å². The molecule has 2 saturated heterocycles. The fraction of sp³-hybridized carbons (Fsp3) is 0.471. The molecule has 25 heavy (non-hydrogen) atoms. The normalized spacial score (nSPS) is 26.3. The van der Waals surface area contributed by atoms with Crippen LogP contribution in [0.25, 0.3) is 0 Å². The van der Waals surface area contributed by atoms with Gasteiger partial charge in [0.05, 0.1) is 4.87 Å². The molecule has 6 nitrogen and oxygen atoms in total. The second-order valence-corrected chi connectivity index (χ2v) is 8.28. The van der Waals surface area contributed by atoms with Crippen LogP contribution in [0.4, 0.5) is 5.69 Å². The summed E-state index contributed by atoms with van der Waals surface area (Å²) in [7, 11) is 0. The van der Waals surface area contributed by atoms with Crippen molar-refractivity contribution in [2.24, 2.45) is 0 Å². The summed E-state index contributed by atoms with van der Waals surface area (Å²) in [4.78, 5) is 38.0. The Bertz CT molecular complexity index is 711. The first kappa shape index (κ1) is 18.1. The third kappa shape index (κ3) is 3.62. The smallest absolute Gasteiger partial charge is 0.330 e. The van der Waals surface area contributed by atoms with Gasteiger partial charge in [-0.2, -0.15) is 0 Å². The van der Waals surface area contributed by atoms with E-state index in [1.54, 1.807) is 40.9 Å². The molecular weight excluding hydrogens is 364 g/mol. The summed E-state index contributed by atoms with van der Waals surface area (Å²) in [6, 6.07) is 6.01. The summed E-state index contributed by atoms with van der Waals surface area (Å²) in [5, 5.41) is 3.23. The minimum absolute atomic E-state index is 0.0345. The monoisotopic (exact) mass is 382 g/mol. The van der Waals surface area contributed by atoms with E-state index in [-0.39, 0.29) is 10.8 Å². The second kappa shape index (κ2) is 6.88. The lowest BCUT2D eigenvalue weighted by Gasteiger charge is -2.29. The summed E-state index contributed by atoms with van der Waals surface area (Å²) in [5.74, 6) is -0.512. The standard InChI is InChI=1S/C17H19ClN2O4S/c1-10(15(22)19-12-5-3-11(18)4-6-12)24-16(23)13-9-25-17(2)8-7-14(21)20(13)17/h3-6,10,13H,7-9H2,1-2H3,(H,19,22)/t10-,13-,17-/m0/s1. The molecule has 0 unspecified atom stereocenters. The molecule has 0 spiro atoms. The molecule has 8 heteroatoms. The van der Waals surface area contributed by atoms with Crippen LogP contribution < -0.4 is 5.32 Å². The summed E-state index contributed by atoms with van der Waals surface area (Å²) < 4.78 is 5.31.